The first-order valence-electron chi connectivity index (χ1n) is 5.90. The monoisotopic (exact) mass is 233 g/mol. The number of aromatic carboxylic acids is 1. The van der Waals surface area contributed by atoms with Crippen molar-refractivity contribution in [1.29, 1.82) is 0 Å². The summed E-state index contributed by atoms with van der Waals surface area (Å²) in [5.74, 6) is -0.870. The van der Waals surface area contributed by atoms with Gasteiger partial charge in [-0.1, -0.05) is 12.1 Å². The number of carboxylic acid groups (broad SMARTS) is 1. The summed E-state index contributed by atoms with van der Waals surface area (Å²) in [6.07, 6.45) is 1.56. The van der Waals surface area contributed by atoms with Crippen LogP contribution >= 0.6 is 0 Å². The lowest BCUT2D eigenvalue weighted by Gasteiger charge is -2.26. The van der Waals surface area contributed by atoms with Crippen LogP contribution in [0.2, 0.25) is 0 Å². The van der Waals surface area contributed by atoms with Crippen molar-refractivity contribution in [3.05, 3.63) is 35.4 Å². The highest BCUT2D eigenvalue weighted by Crippen LogP contribution is 2.28. The fourth-order valence-corrected chi connectivity index (χ4v) is 2.66. The summed E-state index contributed by atoms with van der Waals surface area (Å²) in [6.45, 7) is 2.74. The Kier molecular flexibility index (Phi) is 2.61. The summed E-state index contributed by atoms with van der Waals surface area (Å²) < 4.78 is 5.55. The van der Waals surface area contributed by atoms with Crippen molar-refractivity contribution >= 4 is 5.97 Å². The van der Waals surface area contributed by atoms with Crippen molar-refractivity contribution in [3.8, 4) is 0 Å². The van der Waals surface area contributed by atoms with Crippen molar-refractivity contribution in [1.82, 2.24) is 4.90 Å². The predicted octanol–water partition coefficient (Wildman–Crippen LogP) is 1.36. The van der Waals surface area contributed by atoms with E-state index in [0.29, 0.717) is 17.7 Å². The van der Waals surface area contributed by atoms with Crippen LogP contribution in [0.4, 0.5) is 0 Å². The van der Waals surface area contributed by atoms with Crippen LogP contribution in [-0.4, -0.2) is 41.3 Å². The normalized spacial score (nSPS) is 27.5. The Balaban J connectivity index is 1.67. The molecule has 0 radical (unpaired) electrons. The van der Waals surface area contributed by atoms with Crippen LogP contribution in [0.3, 0.4) is 0 Å². The predicted molar refractivity (Wildman–Crippen MR) is 62.0 cm³/mol. The number of likely N-dealkylation sites (tertiary alicyclic amines) is 1. The van der Waals surface area contributed by atoms with Gasteiger partial charge in [-0.3, -0.25) is 4.90 Å². The maximum Gasteiger partial charge on any atom is 0.335 e. The summed E-state index contributed by atoms with van der Waals surface area (Å²) in [5.41, 5.74) is 1.52. The van der Waals surface area contributed by atoms with E-state index >= 15 is 0 Å². The van der Waals surface area contributed by atoms with Gasteiger partial charge in [0, 0.05) is 19.1 Å². The third-order valence-electron chi connectivity index (χ3n) is 3.60. The van der Waals surface area contributed by atoms with Gasteiger partial charge in [-0.15, -0.1) is 0 Å². The summed E-state index contributed by atoms with van der Waals surface area (Å²) in [7, 11) is 0. The molecule has 2 aliphatic rings. The van der Waals surface area contributed by atoms with Crippen molar-refractivity contribution in [2.24, 2.45) is 0 Å². The summed E-state index contributed by atoms with van der Waals surface area (Å²) in [6, 6.07) is 7.69. The molecule has 2 saturated heterocycles. The number of ether oxygens (including phenoxy) is 1. The average molecular weight is 233 g/mol. The van der Waals surface area contributed by atoms with Crippen LogP contribution in [0.5, 0.6) is 0 Å². The van der Waals surface area contributed by atoms with Crippen LogP contribution in [0.25, 0.3) is 0 Å². The quantitative estimate of drug-likeness (QED) is 0.856. The van der Waals surface area contributed by atoms with Crippen molar-refractivity contribution in [2.75, 3.05) is 13.2 Å². The van der Waals surface area contributed by atoms with Crippen LogP contribution < -0.4 is 0 Å². The molecule has 2 unspecified atom stereocenters. The minimum atomic E-state index is -0.870. The van der Waals surface area contributed by atoms with Crippen molar-refractivity contribution in [2.45, 2.75) is 25.1 Å². The van der Waals surface area contributed by atoms with Crippen molar-refractivity contribution < 1.29 is 14.6 Å². The smallest absolute Gasteiger partial charge is 0.335 e. The first-order chi connectivity index (χ1) is 8.22. The number of hydrogen-bond donors (Lipinski definition) is 1. The van der Waals surface area contributed by atoms with Crippen LogP contribution in [0, 0.1) is 0 Å². The molecule has 17 heavy (non-hydrogen) atoms. The van der Waals surface area contributed by atoms with E-state index in [1.165, 1.54) is 5.56 Å². The molecule has 2 bridgehead atoms. The van der Waals surface area contributed by atoms with Gasteiger partial charge in [0.2, 0.25) is 0 Å². The van der Waals surface area contributed by atoms with Crippen LogP contribution in [0.1, 0.15) is 22.3 Å². The zero-order valence-corrected chi connectivity index (χ0v) is 9.50. The molecule has 2 aliphatic heterocycles. The maximum atomic E-state index is 10.7. The van der Waals surface area contributed by atoms with Gasteiger partial charge in [-0.2, -0.15) is 0 Å². The molecular formula is C13H15NO3. The van der Waals surface area contributed by atoms with Gasteiger partial charge < -0.3 is 9.84 Å². The minimum Gasteiger partial charge on any atom is -0.478 e. The van der Waals surface area contributed by atoms with Crippen molar-refractivity contribution in [3.63, 3.8) is 0 Å². The summed E-state index contributed by atoms with van der Waals surface area (Å²) in [4.78, 5) is 13.2. The second kappa shape index (κ2) is 4.13. The van der Waals surface area contributed by atoms with E-state index < -0.39 is 5.97 Å². The molecule has 1 aromatic rings. The van der Waals surface area contributed by atoms with E-state index in [2.05, 4.69) is 4.90 Å². The third kappa shape index (κ3) is 2.06. The zero-order valence-electron chi connectivity index (χ0n) is 9.50. The van der Waals surface area contributed by atoms with Gasteiger partial charge in [0.05, 0.1) is 18.3 Å². The van der Waals surface area contributed by atoms with Gasteiger partial charge in [0.15, 0.2) is 0 Å². The van der Waals surface area contributed by atoms with Gasteiger partial charge in [0.25, 0.3) is 0 Å². The third-order valence-corrected chi connectivity index (χ3v) is 3.60. The SMILES string of the molecule is O=C(O)c1ccc(CN2CC3CC2CO3)cc1. The molecule has 1 aromatic carbocycles. The Bertz CT molecular complexity index is 429. The maximum absolute atomic E-state index is 10.7. The number of hydrogen-bond acceptors (Lipinski definition) is 3. The number of morpholine rings is 1. The lowest BCUT2D eigenvalue weighted by atomic mass is 10.1. The molecule has 90 valence electrons. The molecule has 0 amide bonds. The molecule has 2 fully saturated rings. The fraction of sp³-hybridized carbons (Fsp3) is 0.462. The van der Waals surface area contributed by atoms with Crippen LogP contribution in [-0.2, 0) is 11.3 Å². The molecule has 4 nitrogen and oxygen atoms in total. The van der Waals surface area contributed by atoms with E-state index in [-0.39, 0.29) is 0 Å². The molecule has 0 aromatic heterocycles. The summed E-state index contributed by atoms with van der Waals surface area (Å²) in [5, 5.41) is 8.82. The molecule has 3 rings (SSSR count). The Labute approximate surface area is 99.8 Å². The molecule has 0 aliphatic carbocycles. The number of rotatable bonds is 3. The van der Waals surface area contributed by atoms with E-state index in [1.807, 2.05) is 12.1 Å². The number of fused-ring (bicyclic) bond motifs is 2. The van der Waals surface area contributed by atoms with Crippen LogP contribution in [0.15, 0.2) is 24.3 Å². The fourth-order valence-electron chi connectivity index (χ4n) is 2.66. The van der Waals surface area contributed by atoms with E-state index in [9.17, 15) is 4.79 Å². The Morgan fingerprint density at radius 1 is 1.41 bits per heavy atom. The van der Waals surface area contributed by atoms with E-state index in [0.717, 1.165) is 26.1 Å². The Hall–Kier alpha value is -1.39. The topological polar surface area (TPSA) is 49.8 Å². The highest BCUT2D eigenvalue weighted by Gasteiger charge is 2.38. The lowest BCUT2D eigenvalue weighted by Crippen LogP contribution is -2.36. The Morgan fingerprint density at radius 3 is 2.71 bits per heavy atom. The number of nitrogens with zero attached hydrogens (tertiary/aromatic N) is 1. The minimum absolute atomic E-state index is 0.347. The second-order valence-corrected chi connectivity index (χ2v) is 4.78. The Morgan fingerprint density at radius 2 is 2.18 bits per heavy atom. The lowest BCUT2D eigenvalue weighted by molar-refractivity contribution is 0.0273. The molecule has 2 atom stereocenters. The number of carboxylic acids is 1. The first-order valence-corrected chi connectivity index (χ1v) is 5.90. The standard InChI is InChI=1S/C13H15NO3/c15-13(16)10-3-1-9(2-4-10)6-14-7-12-5-11(14)8-17-12/h1-4,11-12H,5-8H2,(H,15,16). The van der Waals surface area contributed by atoms with Gasteiger partial charge in [-0.05, 0) is 24.1 Å². The summed E-state index contributed by atoms with van der Waals surface area (Å²) >= 11 is 0. The van der Waals surface area contributed by atoms with Gasteiger partial charge in [-0.25, -0.2) is 4.79 Å². The van der Waals surface area contributed by atoms with E-state index in [4.69, 9.17) is 9.84 Å². The highest BCUT2D eigenvalue weighted by atomic mass is 16.5. The first kappa shape index (κ1) is 10.7. The van der Waals surface area contributed by atoms with Gasteiger partial charge >= 0.3 is 5.97 Å². The average Bonchev–Trinajstić information content (AvgIpc) is 2.91. The van der Waals surface area contributed by atoms with E-state index in [1.54, 1.807) is 12.1 Å². The number of benzene rings is 1. The molecule has 4 heteroatoms. The molecular weight excluding hydrogens is 218 g/mol. The molecule has 2 heterocycles. The second-order valence-electron chi connectivity index (χ2n) is 4.78. The molecule has 0 saturated carbocycles. The number of carbonyl (C=O) groups is 1. The largest absolute Gasteiger partial charge is 0.478 e. The molecule has 0 spiro atoms. The zero-order chi connectivity index (χ0) is 11.8. The highest BCUT2D eigenvalue weighted by molar-refractivity contribution is 5.87. The molecule has 1 N–H and O–H groups in total. The van der Waals surface area contributed by atoms with Gasteiger partial charge in [0.1, 0.15) is 0 Å².